The van der Waals surface area contributed by atoms with Gasteiger partial charge in [-0.1, -0.05) is 0 Å². The Labute approximate surface area is 173 Å². The summed E-state index contributed by atoms with van der Waals surface area (Å²) in [5, 5.41) is 18.6. The molecular weight excluding hydrogens is 424 g/mol. The lowest BCUT2D eigenvalue weighted by Crippen LogP contribution is -2.54. The summed E-state index contributed by atoms with van der Waals surface area (Å²) in [7, 11) is 3.76. The fourth-order valence-corrected chi connectivity index (χ4v) is 3.21. The molecule has 1 saturated carbocycles. The van der Waals surface area contributed by atoms with E-state index in [2.05, 4.69) is 20.5 Å². The maximum Gasteiger partial charge on any atom is 0.490 e. The lowest BCUT2D eigenvalue weighted by Gasteiger charge is -2.44. The molecule has 3 aromatic heterocycles. The van der Waals surface area contributed by atoms with Crippen LogP contribution in [0.3, 0.4) is 0 Å². The van der Waals surface area contributed by atoms with Crippen LogP contribution in [0.15, 0.2) is 24.8 Å². The Morgan fingerprint density at radius 3 is 2.45 bits per heavy atom. The summed E-state index contributed by atoms with van der Waals surface area (Å²) in [6.45, 7) is 2.02. The molecule has 3 aromatic rings. The normalized spacial score (nSPS) is 20.7. The molecule has 0 spiro atoms. The number of alkyl halides is 3. The topological polar surface area (TPSA) is 107 Å². The van der Waals surface area contributed by atoms with Gasteiger partial charge < -0.3 is 15.2 Å². The molecule has 0 saturated heterocycles. The van der Waals surface area contributed by atoms with E-state index in [1.54, 1.807) is 17.1 Å². The maximum absolute atomic E-state index is 14.2. The molecule has 1 fully saturated rings. The molecular formula is C18H20F4N6O3. The average Bonchev–Trinajstić information content (AvgIpc) is 3.25. The van der Waals surface area contributed by atoms with Crippen LogP contribution < -0.4 is 10.1 Å². The van der Waals surface area contributed by atoms with Crippen molar-refractivity contribution in [2.75, 3.05) is 7.05 Å². The van der Waals surface area contributed by atoms with E-state index in [-0.39, 0.29) is 17.0 Å². The van der Waals surface area contributed by atoms with Crippen LogP contribution in [0.1, 0.15) is 19.8 Å². The lowest BCUT2D eigenvalue weighted by molar-refractivity contribution is -0.192. The van der Waals surface area contributed by atoms with E-state index in [0.29, 0.717) is 11.7 Å². The first kappa shape index (κ1) is 22.5. The molecule has 0 aromatic carbocycles. The first-order valence-corrected chi connectivity index (χ1v) is 9.11. The van der Waals surface area contributed by atoms with Gasteiger partial charge in [0.15, 0.2) is 11.3 Å². The second-order valence-corrected chi connectivity index (χ2v) is 7.37. The monoisotopic (exact) mass is 444 g/mol. The Kier molecular flexibility index (Phi) is 5.89. The van der Waals surface area contributed by atoms with E-state index in [0.717, 1.165) is 18.4 Å². The number of nitrogens with zero attached hydrogens (tertiary/aromatic N) is 5. The molecule has 0 radical (unpaired) electrons. The van der Waals surface area contributed by atoms with Crippen LogP contribution in [0, 0.1) is 5.82 Å². The summed E-state index contributed by atoms with van der Waals surface area (Å²) in [6, 6.07) is 0.419. The highest BCUT2D eigenvalue weighted by molar-refractivity contribution is 5.73. The number of fused-ring (bicyclic) bond motifs is 1. The number of carboxylic acid groups (broad SMARTS) is 1. The molecule has 1 aliphatic carbocycles. The fourth-order valence-electron chi connectivity index (χ4n) is 3.21. The van der Waals surface area contributed by atoms with E-state index in [1.165, 1.54) is 10.7 Å². The lowest BCUT2D eigenvalue weighted by atomic mass is 9.77. The molecule has 0 amide bonds. The average molecular weight is 444 g/mol. The van der Waals surface area contributed by atoms with Gasteiger partial charge >= 0.3 is 12.1 Å². The Hall–Kier alpha value is -3.22. The van der Waals surface area contributed by atoms with Crippen LogP contribution in [0.25, 0.3) is 16.8 Å². The van der Waals surface area contributed by atoms with E-state index < -0.39 is 18.0 Å². The van der Waals surface area contributed by atoms with Crippen LogP contribution in [0.2, 0.25) is 0 Å². The van der Waals surface area contributed by atoms with Gasteiger partial charge in [-0.2, -0.15) is 23.4 Å². The predicted molar refractivity (Wildman–Crippen MR) is 100.0 cm³/mol. The van der Waals surface area contributed by atoms with Gasteiger partial charge in [0.25, 0.3) is 0 Å². The number of hydrogen-bond acceptors (Lipinski definition) is 6. The minimum absolute atomic E-state index is 0.261. The zero-order valence-electron chi connectivity index (χ0n) is 16.8. The number of ether oxygens (including phenoxy) is 1. The van der Waals surface area contributed by atoms with E-state index in [1.807, 2.05) is 27.2 Å². The Morgan fingerprint density at radius 1 is 1.29 bits per heavy atom. The zero-order valence-corrected chi connectivity index (χ0v) is 16.8. The molecule has 0 atom stereocenters. The largest absolute Gasteiger partial charge is 0.490 e. The third-order valence-electron chi connectivity index (χ3n) is 4.77. The highest BCUT2D eigenvalue weighted by Gasteiger charge is 2.42. The van der Waals surface area contributed by atoms with Crippen LogP contribution >= 0.6 is 0 Å². The fraction of sp³-hybridized carbons (Fsp3) is 0.444. The summed E-state index contributed by atoms with van der Waals surface area (Å²) in [4.78, 5) is 13.4. The van der Waals surface area contributed by atoms with Crippen molar-refractivity contribution >= 4 is 11.5 Å². The number of carboxylic acids is 1. The third kappa shape index (κ3) is 4.93. The minimum atomic E-state index is -5.08. The first-order valence-electron chi connectivity index (χ1n) is 9.11. The standard InChI is InChI=1S/C16H19FN6O.C2HF3O2/c1-16(4-11(5-16)18-2)24-15-14-12(17)7-20-23(14)9-13(21-15)10-6-19-22(3)8-10;3-2(4,5)1(6)7/h6-9,11,18H,4-5H2,1-3H3;(H,6,7). The molecule has 3 heterocycles. The second kappa shape index (κ2) is 8.13. The van der Waals surface area contributed by atoms with Crippen molar-refractivity contribution in [1.29, 1.82) is 0 Å². The molecule has 0 bridgehead atoms. The van der Waals surface area contributed by atoms with Gasteiger partial charge in [0.05, 0.1) is 24.3 Å². The second-order valence-electron chi connectivity index (χ2n) is 7.37. The van der Waals surface area contributed by atoms with Gasteiger partial charge in [0.1, 0.15) is 5.60 Å². The summed E-state index contributed by atoms with van der Waals surface area (Å²) in [5.41, 5.74) is 1.37. The van der Waals surface area contributed by atoms with E-state index in [9.17, 15) is 17.6 Å². The van der Waals surface area contributed by atoms with Gasteiger partial charge in [-0.25, -0.2) is 18.7 Å². The van der Waals surface area contributed by atoms with Crippen molar-refractivity contribution in [3.8, 4) is 17.1 Å². The molecule has 0 aliphatic heterocycles. The highest BCUT2D eigenvalue weighted by Crippen LogP contribution is 2.38. The maximum atomic E-state index is 14.2. The predicted octanol–water partition coefficient (Wildman–Crippen LogP) is 2.42. The molecule has 0 unspecified atom stereocenters. The van der Waals surface area contributed by atoms with Crippen LogP contribution in [0.4, 0.5) is 17.6 Å². The smallest absolute Gasteiger partial charge is 0.475 e. The summed E-state index contributed by atoms with van der Waals surface area (Å²) in [5.74, 6) is -2.93. The van der Waals surface area contributed by atoms with Gasteiger partial charge in [-0.15, -0.1) is 0 Å². The molecule has 168 valence electrons. The highest BCUT2D eigenvalue weighted by atomic mass is 19.4. The summed E-state index contributed by atoms with van der Waals surface area (Å²) >= 11 is 0. The number of aliphatic carboxylic acids is 1. The van der Waals surface area contributed by atoms with Crippen LogP contribution in [-0.4, -0.2) is 60.3 Å². The van der Waals surface area contributed by atoms with Crippen LogP contribution in [-0.2, 0) is 11.8 Å². The molecule has 9 nitrogen and oxygen atoms in total. The molecule has 31 heavy (non-hydrogen) atoms. The van der Waals surface area contributed by atoms with Crippen molar-refractivity contribution in [3.63, 3.8) is 0 Å². The quantitative estimate of drug-likeness (QED) is 0.596. The van der Waals surface area contributed by atoms with Crippen molar-refractivity contribution in [3.05, 3.63) is 30.6 Å². The summed E-state index contributed by atoms with van der Waals surface area (Å²) < 4.78 is 55.2. The van der Waals surface area contributed by atoms with E-state index >= 15 is 0 Å². The van der Waals surface area contributed by atoms with Gasteiger partial charge in [0.2, 0.25) is 5.88 Å². The van der Waals surface area contributed by atoms with E-state index in [4.69, 9.17) is 14.6 Å². The Balaban J connectivity index is 0.000000339. The SMILES string of the molecule is CNC1CC(C)(Oc2nc(-c3cnn(C)c3)cn3ncc(F)c23)C1.O=C(O)C(F)(F)F. The molecule has 2 N–H and O–H groups in total. The van der Waals surface area contributed by atoms with Crippen LogP contribution in [0.5, 0.6) is 5.88 Å². The number of aryl methyl sites for hydroxylation is 1. The van der Waals surface area contributed by atoms with Crippen molar-refractivity contribution < 1.29 is 32.2 Å². The molecule has 1 aliphatic rings. The Morgan fingerprint density at radius 2 is 1.94 bits per heavy atom. The number of rotatable bonds is 4. The minimum Gasteiger partial charge on any atom is -0.475 e. The zero-order chi connectivity index (χ0) is 23.0. The summed E-state index contributed by atoms with van der Waals surface area (Å²) in [6.07, 6.45) is 3.03. The molecule has 13 heteroatoms. The number of carbonyl (C=O) groups is 1. The molecule has 4 rings (SSSR count). The Bertz CT molecular complexity index is 1090. The number of halogens is 4. The van der Waals surface area contributed by atoms with Gasteiger partial charge in [-0.3, -0.25) is 4.68 Å². The third-order valence-corrected chi connectivity index (χ3v) is 4.77. The number of hydrogen-bond donors (Lipinski definition) is 2. The van der Waals surface area contributed by atoms with Gasteiger partial charge in [0, 0.05) is 37.7 Å². The van der Waals surface area contributed by atoms with Crippen molar-refractivity contribution in [1.82, 2.24) is 29.7 Å². The number of aromatic nitrogens is 5. The number of nitrogens with one attached hydrogen (secondary N) is 1. The van der Waals surface area contributed by atoms with Crippen molar-refractivity contribution in [2.45, 2.75) is 37.6 Å². The van der Waals surface area contributed by atoms with Crippen molar-refractivity contribution in [2.24, 2.45) is 7.05 Å². The first-order chi connectivity index (χ1) is 14.4. The van der Waals surface area contributed by atoms with Gasteiger partial charge in [-0.05, 0) is 14.0 Å².